The Morgan fingerprint density at radius 3 is 2.81 bits per heavy atom. The minimum Gasteiger partial charge on any atom is -0.507 e. The number of anilines is 1. The van der Waals surface area contributed by atoms with Gasteiger partial charge in [-0.1, -0.05) is 6.07 Å². The summed E-state index contributed by atoms with van der Waals surface area (Å²) in [5.74, 6) is 1.76. The van der Waals surface area contributed by atoms with E-state index in [1.165, 1.54) is 12.8 Å². The Hall–Kier alpha value is -3.19. The van der Waals surface area contributed by atoms with E-state index >= 15 is 0 Å². The minimum absolute atomic E-state index is 0.184. The molecule has 0 radical (unpaired) electrons. The summed E-state index contributed by atoms with van der Waals surface area (Å²) >= 11 is 0. The number of phenolic OH excluding ortho intramolecular Hbond substituents is 1. The second kappa shape index (κ2) is 6.92. The number of aromatic hydroxyl groups is 1. The Kier molecular flexibility index (Phi) is 4.14. The predicted molar refractivity (Wildman–Crippen MR) is 120 cm³/mol. The molecule has 3 aromatic heterocycles. The third-order valence-electron chi connectivity index (χ3n) is 6.40. The van der Waals surface area contributed by atoms with E-state index in [4.69, 9.17) is 14.4 Å². The van der Waals surface area contributed by atoms with E-state index in [2.05, 4.69) is 21.3 Å². The second-order valence-corrected chi connectivity index (χ2v) is 8.78. The Morgan fingerprint density at radius 2 is 1.97 bits per heavy atom. The van der Waals surface area contributed by atoms with Crippen LogP contribution in [0.15, 0.2) is 34.9 Å². The number of hydrogen-bond acceptors (Lipinski definition) is 7. The molecule has 4 heterocycles. The van der Waals surface area contributed by atoms with Crippen LogP contribution in [0.25, 0.3) is 33.3 Å². The van der Waals surface area contributed by atoms with E-state index in [-0.39, 0.29) is 5.75 Å². The van der Waals surface area contributed by atoms with Crippen molar-refractivity contribution in [2.24, 2.45) is 0 Å². The quantitative estimate of drug-likeness (QED) is 0.519. The first-order valence-corrected chi connectivity index (χ1v) is 10.9. The van der Waals surface area contributed by atoms with Crippen LogP contribution in [-0.4, -0.2) is 45.2 Å². The highest BCUT2D eigenvalue weighted by Gasteiger charge is 2.29. The normalized spacial score (nSPS) is 19.0. The first-order valence-electron chi connectivity index (χ1n) is 10.9. The summed E-state index contributed by atoms with van der Waals surface area (Å²) in [6, 6.07) is 9.20. The van der Waals surface area contributed by atoms with Crippen LogP contribution in [0.4, 0.5) is 5.82 Å². The largest absolute Gasteiger partial charge is 0.507 e. The molecule has 7 nitrogen and oxygen atoms in total. The molecule has 6 rings (SSSR count). The molecule has 2 aliphatic rings. The number of nitrogens with zero attached hydrogens (tertiary/aromatic N) is 4. The van der Waals surface area contributed by atoms with E-state index < -0.39 is 0 Å². The monoisotopic (exact) mass is 415 g/mol. The van der Waals surface area contributed by atoms with Crippen molar-refractivity contribution < 1.29 is 9.52 Å². The van der Waals surface area contributed by atoms with Gasteiger partial charge in [-0.2, -0.15) is 0 Å². The number of aromatic nitrogens is 3. The first-order chi connectivity index (χ1) is 15.0. The van der Waals surface area contributed by atoms with Gasteiger partial charge in [0.05, 0.1) is 17.4 Å². The number of nitrogens with one attached hydrogen (secondary N) is 1. The molecule has 1 aromatic carbocycles. The maximum absolute atomic E-state index is 10.8. The van der Waals surface area contributed by atoms with E-state index in [1.54, 1.807) is 6.92 Å². The fourth-order valence-corrected chi connectivity index (χ4v) is 4.54. The number of hydrogen-bond donors (Lipinski definition) is 2. The molecule has 2 N–H and O–H groups in total. The molecule has 7 heteroatoms. The smallest absolute Gasteiger partial charge is 0.192 e. The third-order valence-corrected chi connectivity index (χ3v) is 6.40. The van der Waals surface area contributed by atoms with Gasteiger partial charge < -0.3 is 19.7 Å². The van der Waals surface area contributed by atoms with Crippen molar-refractivity contribution in [3.8, 4) is 17.0 Å². The van der Waals surface area contributed by atoms with Crippen LogP contribution in [0.2, 0.25) is 0 Å². The molecular weight excluding hydrogens is 390 g/mol. The second-order valence-electron chi connectivity index (χ2n) is 8.78. The molecule has 4 aromatic rings. The van der Waals surface area contributed by atoms with Crippen molar-refractivity contribution in [2.75, 3.05) is 18.0 Å². The van der Waals surface area contributed by atoms with Gasteiger partial charge in [-0.25, -0.2) is 15.0 Å². The molecule has 1 aliphatic carbocycles. The summed E-state index contributed by atoms with van der Waals surface area (Å²) in [6.07, 6.45) is 5.63. The van der Waals surface area contributed by atoms with Crippen LogP contribution in [0.3, 0.4) is 0 Å². The third kappa shape index (κ3) is 3.29. The number of rotatable bonds is 4. The Balaban J connectivity index is 1.32. The standard InChI is InChI=1S/C24H25N5O2/c1-13-23-21(31-14(2)26-23)10-18(24(13)30)19-6-3-15-9-22(25-11-20(15)28-19)29-8-7-17(12-29)27-16-4-5-16/h3,6,9-11,16-17,27,30H,4-5,7-8,12H2,1-2H3/t17-/m1/s1. The lowest BCUT2D eigenvalue weighted by atomic mass is 10.0. The predicted octanol–water partition coefficient (Wildman–Crippen LogP) is 4.09. The fourth-order valence-electron chi connectivity index (χ4n) is 4.54. The highest BCUT2D eigenvalue weighted by Crippen LogP contribution is 2.37. The fraction of sp³-hybridized carbons (Fsp3) is 0.375. The Bertz CT molecular complexity index is 1310. The van der Waals surface area contributed by atoms with Gasteiger partial charge in [-0.15, -0.1) is 0 Å². The summed E-state index contributed by atoms with van der Waals surface area (Å²) in [5, 5.41) is 15.5. The molecule has 0 spiro atoms. The van der Waals surface area contributed by atoms with Crippen LogP contribution in [0, 0.1) is 13.8 Å². The maximum atomic E-state index is 10.8. The van der Waals surface area contributed by atoms with Gasteiger partial charge in [0.15, 0.2) is 11.5 Å². The molecule has 158 valence electrons. The molecular formula is C24H25N5O2. The van der Waals surface area contributed by atoms with Crippen molar-refractivity contribution in [1.29, 1.82) is 0 Å². The van der Waals surface area contributed by atoms with Crippen LogP contribution >= 0.6 is 0 Å². The lowest BCUT2D eigenvalue weighted by Crippen LogP contribution is -2.34. The average Bonchev–Trinajstić information content (AvgIpc) is 3.32. The first kappa shape index (κ1) is 18.6. The van der Waals surface area contributed by atoms with E-state index in [9.17, 15) is 5.11 Å². The van der Waals surface area contributed by atoms with Crippen LogP contribution in [0.1, 0.15) is 30.7 Å². The molecule has 1 saturated carbocycles. The molecule has 0 amide bonds. The molecule has 0 unspecified atom stereocenters. The molecule has 31 heavy (non-hydrogen) atoms. The van der Waals surface area contributed by atoms with Gasteiger partial charge in [-0.3, -0.25) is 0 Å². The number of phenols is 1. The number of oxazole rings is 1. The van der Waals surface area contributed by atoms with Gasteiger partial charge in [-0.05, 0) is 44.4 Å². The summed E-state index contributed by atoms with van der Waals surface area (Å²) < 4.78 is 5.69. The topological polar surface area (TPSA) is 87.3 Å². The summed E-state index contributed by atoms with van der Waals surface area (Å²) in [6.45, 7) is 5.68. The maximum Gasteiger partial charge on any atom is 0.192 e. The van der Waals surface area contributed by atoms with Crippen molar-refractivity contribution in [2.45, 2.75) is 45.2 Å². The van der Waals surface area contributed by atoms with Crippen molar-refractivity contribution in [1.82, 2.24) is 20.3 Å². The zero-order valence-corrected chi connectivity index (χ0v) is 17.7. The zero-order chi connectivity index (χ0) is 21.1. The molecule has 1 atom stereocenters. The number of benzene rings is 1. The highest BCUT2D eigenvalue weighted by molar-refractivity contribution is 5.89. The van der Waals surface area contributed by atoms with E-state index in [0.717, 1.165) is 42.3 Å². The zero-order valence-electron chi connectivity index (χ0n) is 17.7. The van der Waals surface area contributed by atoms with Crippen LogP contribution in [-0.2, 0) is 0 Å². The number of pyridine rings is 2. The van der Waals surface area contributed by atoms with E-state index in [1.807, 2.05) is 31.3 Å². The molecule has 0 bridgehead atoms. The van der Waals surface area contributed by atoms with Crippen molar-refractivity contribution in [3.63, 3.8) is 0 Å². The lowest BCUT2D eigenvalue weighted by Gasteiger charge is -2.18. The molecule has 1 aliphatic heterocycles. The minimum atomic E-state index is 0.184. The van der Waals surface area contributed by atoms with Crippen molar-refractivity contribution in [3.05, 3.63) is 41.9 Å². The highest BCUT2D eigenvalue weighted by atomic mass is 16.3. The van der Waals surface area contributed by atoms with Gasteiger partial charge in [0.2, 0.25) is 0 Å². The van der Waals surface area contributed by atoms with Gasteiger partial charge in [0.25, 0.3) is 0 Å². The summed E-state index contributed by atoms with van der Waals surface area (Å²) in [5.41, 5.74) is 4.17. The van der Waals surface area contributed by atoms with Gasteiger partial charge >= 0.3 is 0 Å². The lowest BCUT2D eigenvalue weighted by molar-refractivity contribution is 0.473. The summed E-state index contributed by atoms with van der Waals surface area (Å²) in [7, 11) is 0. The van der Waals surface area contributed by atoms with Gasteiger partial charge in [0.1, 0.15) is 17.1 Å². The molecule has 2 fully saturated rings. The van der Waals surface area contributed by atoms with Gasteiger partial charge in [0, 0.05) is 48.6 Å². The summed E-state index contributed by atoms with van der Waals surface area (Å²) in [4.78, 5) is 16.2. The SMILES string of the molecule is Cc1nc2c(C)c(O)c(-c3ccc4cc(N5CC[C@@H](NC6CC6)C5)ncc4n3)cc2o1. The van der Waals surface area contributed by atoms with Crippen LogP contribution < -0.4 is 10.2 Å². The Morgan fingerprint density at radius 1 is 1.10 bits per heavy atom. The number of fused-ring (bicyclic) bond motifs is 2. The number of aryl methyl sites for hydroxylation is 2. The Labute approximate surface area is 180 Å². The van der Waals surface area contributed by atoms with Crippen LogP contribution in [0.5, 0.6) is 5.75 Å². The van der Waals surface area contributed by atoms with Crippen molar-refractivity contribution >= 4 is 27.8 Å². The average molecular weight is 415 g/mol. The molecule has 1 saturated heterocycles. The van der Waals surface area contributed by atoms with E-state index in [0.29, 0.717) is 39.9 Å².